The Balaban J connectivity index is 0.00000180. The largest absolute Gasteiger partial charge is 0.444 e. The van der Waals surface area contributed by atoms with Gasteiger partial charge in [0.1, 0.15) is 5.60 Å². The van der Waals surface area contributed by atoms with Crippen LogP contribution < -0.4 is 10.6 Å². The van der Waals surface area contributed by atoms with Crippen LogP contribution in [0.15, 0.2) is 0 Å². The highest BCUT2D eigenvalue weighted by molar-refractivity contribution is 5.85. The average molecular weight is 293 g/mol. The van der Waals surface area contributed by atoms with E-state index in [1.165, 1.54) is 0 Å². The molecule has 1 spiro atoms. The molecule has 2 fully saturated rings. The molecule has 2 heterocycles. The third kappa shape index (κ3) is 4.82. The highest BCUT2D eigenvalue weighted by Crippen LogP contribution is 2.30. The maximum absolute atomic E-state index is 11.7. The first-order chi connectivity index (χ1) is 8.39. The predicted molar refractivity (Wildman–Crippen MR) is 75.8 cm³/mol. The topological polar surface area (TPSA) is 59.6 Å². The molecule has 0 radical (unpaired) electrons. The van der Waals surface area contributed by atoms with Crippen LogP contribution in [0, 0.1) is 0 Å². The van der Waals surface area contributed by atoms with Gasteiger partial charge in [-0.05, 0) is 40.0 Å². The smallest absolute Gasteiger partial charge is 0.407 e. The van der Waals surface area contributed by atoms with Crippen LogP contribution in [0.5, 0.6) is 0 Å². The van der Waals surface area contributed by atoms with Crippen molar-refractivity contribution in [3.63, 3.8) is 0 Å². The minimum atomic E-state index is -0.438. The first-order valence-corrected chi connectivity index (χ1v) is 6.71. The van der Waals surface area contributed by atoms with Gasteiger partial charge in [-0.25, -0.2) is 4.79 Å². The van der Waals surface area contributed by atoms with Gasteiger partial charge in [-0.2, -0.15) is 0 Å². The van der Waals surface area contributed by atoms with Crippen LogP contribution in [0.2, 0.25) is 0 Å². The summed E-state index contributed by atoms with van der Waals surface area (Å²) in [6, 6.07) is 0.165. The molecule has 1 unspecified atom stereocenters. The van der Waals surface area contributed by atoms with Crippen LogP contribution in [0.25, 0.3) is 0 Å². The number of rotatable bonds is 1. The molecule has 2 saturated heterocycles. The zero-order valence-corrected chi connectivity index (χ0v) is 12.8. The molecule has 6 heteroatoms. The number of hydrogen-bond acceptors (Lipinski definition) is 4. The van der Waals surface area contributed by atoms with Crippen molar-refractivity contribution in [3.8, 4) is 0 Å². The zero-order chi connectivity index (χ0) is 13.2. The van der Waals surface area contributed by atoms with Gasteiger partial charge in [-0.15, -0.1) is 12.4 Å². The molecule has 0 aliphatic carbocycles. The molecule has 5 nitrogen and oxygen atoms in total. The summed E-state index contributed by atoms with van der Waals surface area (Å²) in [7, 11) is 0. The maximum atomic E-state index is 11.7. The summed E-state index contributed by atoms with van der Waals surface area (Å²) >= 11 is 0. The lowest BCUT2D eigenvalue weighted by Gasteiger charge is -2.33. The van der Waals surface area contributed by atoms with Crippen LogP contribution in [0.3, 0.4) is 0 Å². The fourth-order valence-electron chi connectivity index (χ4n) is 2.68. The van der Waals surface area contributed by atoms with Gasteiger partial charge in [0.15, 0.2) is 0 Å². The molecule has 1 amide bonds. The SMILES string of the molecule is CC(C)(C)OC(=O)NC1CNC2(CCOCC2)C1.Cl. The Morgan fingerprint density at radius 1 is 1.37 bits per heavy atom. The second-order valence-corrected chi connectivity index (χ2v) is 6.32. The van der Waals surface area contributed by atoms with E-state index >= 15 is 0 Å². The van der Waals surface area contributed by atoms with E-state index < -0.39 is 5.60 Å². The lowest BCUT2D eigenvalue weighted by atomic mass is 9.88. The van der Waals surface area contributed by atoms with Gasteiger partial charge in [-0.1, -0.05) is 0 Å². The Morgan fingerprint density at radius 2 is 2.00 bits per heavy atom. The monoisotopic (exact) mass is 292 g/mol. The van der Waals surface area contributed by atoms with Gasteiger partial charge < -0.3 is 20.1 Å². The van der Waals surface area contributed by atoms with Gasteiger partial charge in [0, 0.05) is 31.3 Å². The van der Waals surface area contributed by atoms with Gasteiger partial charge in [0.2, 0.25) is 0 Å². The highest BCUT2D eigenvalue weighted by Gasteiger charge is 2.40. The summed E-state index contributed by atoms with van der Waals surface area (Å²) in [5.74, 6) is 0. The fourth-order valence-corrected chi connectivity index (χ4v) is 2.68. The summed E-state index contributed by atoms with van der Waals surface area (Å²) in [6.07, 6.45) is 2.70. The molecular formula is C13H25ClN2O3. The molecule has 2 N–H and O–H groups in total. The minimum absolute atomic E-state index is 0. The van der Waals surface area contributed by atoms with E-state index in [9.17, 15) is 4.79 Å². The van der Waals surface area contributed by atoms with Crippen molar-refractivity contribution in [2.75, 3.05) is 19.8 Å². The third-order valence-corrected chi connectivity index (χ3v) is 3.53. The van der Waals surface area contributed by atoms with E-state index in [-0.39, 0.29) is 30.1 Å². The van der Waals surface area contributed by atoms with Crippen molar-refractivity contribution in [1.29, 1.82) is 0 Å². The Morgan fingerprint density at radius 3 is 2.58 bits per heavy atom. The summed E-state index contributed by atoms with van der Waals surface area (Å²) in [5.41, 5.74) is -0.273. The molecular weight excluding hydrogens is 268 g/mol. The molecule has 0 aromatic carbocycles. The fraction of sp³-hybridized carbons (Fsp3) is 0.923. The van der Waals surface area contributed by atoms with Crippen molar-refractivity contribution in [2.24, 2.45) is 0 Å². The van der Waals surface area contributed by atoms with Crippen LogP contribution >= 0.6 is 12.4 Å². The predicted octanol–water partition coefficient (Wildman–Crippen LogP) is 1.84. The molecule has 2 rings (SSSR count). The lowest BCUT2D eigenvalue weighted by Crippen LogP contribution is -2.44. The Labute approximate surface area is 121 Å². The van der Waals surface area contributed by atoms with Crippen molar-refractivity contribution >= 4 is 18.5 Å². The number of halogens is 1. The van der Waals surface area contributed by atoms with E-state index in [1.807, 2.05) is 20.8 Å². The Kier molecular flexibility index (Phi) is 5.47. The summed E-state index contributed by atoms with van der Waals surface area (Å²) < 4.78 is 10.7. The van der Waals surface area contributed by atoms with Crippen LogP contribution in [-0.4, -0.2) is 43.0 Å². The summed E-state index contributed by atoms with van der Waals surface area (Å²) in [5, 5.41) is 6.48. The Hall–Kier alpha value is -0.520. The molecule has 0 aromatic heterocycles. The first kappa shape index (κ1) is 16.5. The van der Waals surface area contributed by atoms with Crippen molar-refractivity contribution in [2.45, 2.75) is 57.2 Å². The van der Waals surface area contributed by atoms with Crippen molar-refractivity contribution in [3.05, 3.63) is 0 Å². The molecule has 112 valence electrons. The number of amides is 1. The molecule has 0 saturated carbocycles. The van der Waals surface area contributed by atoms with Crippen LogP contribution in [0.1, 0.15) is 40.0 Å². The standard InChI is InChI=1S/C13H24N2O3.ClH/c1-12(2,3)18-11(16)15-10-8-13(14-9-10)4-6-17-7-5-13;/h10,14H,4-9H2,1-3H3,(H,15,16);1H. The quantitative estimate of drug-likeness (QED) is 0.774. The minimum Gasteiger partial charge on any atom is -0.444 e. The molecule has 0 bridgehead atoms. The van der Waals surface area contributed by atoms with Crippen LogP contribution in [-0.2, 0) is 9.47 Å². The maximum Gasteiger partial charge on any atom is 0.407 e. The van der Waals surface area contributed by atoms with E-state index in [0.29, 0.717) is 0 Å². The van der Waals surface area contributed by atoms with Crippen molar-refractivity contribution in [1.82, 2.24) is 10.6 Å². The zero-order valence-electron chi connectivity index (χ0n) is 12.0. The van der Waals surface area contributed by atoms with Gasteiger partial charge in [0.25, 0.3) is 0 Å². The highest BCUT2D eigenvalue weighted by atomic mass is 35.5. The Bertz CT molecular complexity index is 312. The van der Waals surface area contributed by atoms with E-state index in [0.717, 1.165) is 39.0 Å². The number of nitrogens with one attached hydrogen (secondary N) is 2. The van der Waals surface area contributed by atoms with E-state index in [1.54, 1.807) is 0 Å². The molecule has 0 aromatic rings. The second kappa shape index (κ2) is 6.29. The molecule has 2 aliphatic rings. The molecule has 2 aliphatic heterocycles. The summed E-state index contributed by atoms with van der Waals surface area (Å²) in [4.78, 5) is 11.7. The summed E-state index contributed by atoms with van der Waals surface area (Å²) in [6.45, 7) is 8.07. The van der Waals surface area contributed by atoms with E-state index in [4.69, 9.17) is 9.47 Å². The lowest BCUT2D eigenvalue weighted by molar-refractivity contribution is 0.0428. The third-order valence-electron chi connectivity index (χ3n) is 3.53. The normalized spacial score (nSPS) is 25.7. The number of alkyl carbamates (subject to hydrolysis) is 1. The molecule has 19 heavy (non-hydrogen) atoms. The molecule has 1 atom stereocenters. The van der Waals surface area contributed by atoms with Crippen LogP contribution in [0.4, 0.5) is 4.79 Å². The van der Waals surface area contributed by atoms with Gasteiger partial charge in [0.05, 0.1) is 0 Å². The van der Waals surface area contributed by atoms with E-state index in [2.05, 4.69) is 10.6 Å². The number of carbonyl (C=O) groups excluding carboxylic acids is 1. The van der Waals surface area contributed by atoms with Gasteiger partial charge in [-0.3, -0.25) is 0 Å². The number of ether oxygens (including phenoxy) is 2. The van der Waals surface area contributed by atoms with Crippen molar-refractivity contribution < 1.29 is 14.3 Å². The second-order valence-electron chi connectivity index (χ2n) is 6.32. The number of carbonyl (C=O) groups is 1. The van der Waals surface area contributed by atoms with Gasteiger partial charge >= 0.3 is 6.09 Å². The first-order valence-electron chi connectivity index (χ1n) is 6.71. The number of hydrogen-bond donors (Lipinski definition) is 2. The average Bonchev–Trinajstić information content (AvgIpc) is 2.59.